The molecule has 20 heavy (non-hydrogen) atoms. The first-order valence-corrected chi connectivity index (χ1v) is 6.52. The van der Waals surface area contributed by atoms with Crippen molar-refractivity contribution in [3.63, 3.8) is 0 Å². The number of carbonyl (C=O) groups is 1. The summed E-state index contributed by atoms with van der Waals surface area (Å²) < 4.78 is 0.776. The van der Waals surface area contributed by atoms with Crippen LogP contribution in [0, 0.1) is 10.1 Å². The van der Waals surface area contributed by atoms with E-state index < -0.39 is 16.5 Å². The number of rotatable bonds is 3. The van der Waals surface area contributed by atoms with E-state index in [1.165, 1.54) is 12.3 Å². The van der Waals surface area contributed by atoms with E-state index >= 15 is 0 Å². The molecule has 2 aromatic rings. The number of hydrogen-bond donors (Lipinski definition) is 1. The fourth-order valence-electron chi connectivity index (χ4n) is 1.55. The Morgan fingerprint density at radius 3 is 2.80 bits per heavy atom. The summed E-state index contributed by atoms with van der Waals surface area (Å²) in [5.41, 5.74) is -0.150. The van der Waals surface area contributed by atoms with E-state index in [1.807, 2.05) is 0 Å². The molecule has 0 saturated heterocycles. The number of nitrogens with zero attached hydrogens (tertiary/aromatic N) is 2. The number of anilines is 1. The van der Waals surface area contributed by atoms with Crippen LogP contribution >= 0.6 is 27.5 Å². The van der Waals surface area contributed by atoms with E-state index in [1.54, 1.807) is 24.3 Å². The average molecular weight is 357 g/mol. The van der Waals surface area contributed by atoms with Crippen molar-refractivity contribution in [2.75, 3.05) is 5.32 Å². The van der Waals surface area contributed by atoms with E-state index in [9.17, 15) is 14.9 Å². The number of aromatic nitrogens is 1. The highest BCUT2D eigenvalue weighted by Gasteiger charge is 2.24. The number of hydrogen-bond acceptors (Lipinski definition) is 4. The average Bonchev–Trinajstić information content (AvgIpc) is 2.37. The van der Waals surface area contributed by atoms with Crippen LogP contribution in [0.2, 0.25) is 5.15 Å². The van der Waals surface area contributed by atoms with Crippen LogP contribution in [0.25, 0.3) is 0 Å². The molecular weight excluding hydrogens is 350 g/mol. The zero-order valence-electron chi connectivity index (χ0n) is 9.84. The third-order valence-electron chi connectivity index (χ3n) is 2.39. The predicted molar refractivity (Wildman–Crippen MR) is 78.0 cm³/mol. The molecule has 0 saturated carbocycles. The quantitative estimate of drug-likeness (QED) is 0.516. The molecule has 0 fully saturated rings. The van der Waals surface area contributed by atoms with Gasteiger partial charge in [0, 0.05) is 16.4 Å². The Morgan fingerprint density at radius 1 is 1.40 bits per heavy atom. The third-order valence-corrected chi connectivity index (χ3v) is 3.16. The molecule has 0 bridgehead atoms. The zero-order valence-corrected chi connectivity index (χ0v) is 12.2. The Kier molecular flexibility index (Phi) is 4.31. The summed E-state index contributed by atoms with van der Waals surface area (Å²) >= 11 is 8.92. The number of pyridine rings is 1. The lowest BCUT2D eigenvalue weighted by Crippen LogP contribution is -2.14. The van der Waals surface area contributed by atoms with Gasteiger partial charge in [0.25, 0.3) is 5.91 Å². The first-order valence-electron chi connectivity index (χ1n) is 5.35. The standard InChI is InChI=1S/C12H7BrClN3O3/c13-7-2-1-3-8(6-7)16-12(18)9-4-5-15-11(14)10(9)17(19)20/h1-6H,(H,16,18). The van der Waals surface area contributed by atoms with Gasteiger partial charge in [-0.3, -0.25) is 14.9 Å². The molecule has 1 heterocycles. The Labute approximate surface area is 127 Å². The van der Waals surface area contributed by atoms with E-state index in [4.69, 9.17) is 11.6 Å². The maximum atomic E-state index is 12.1. The highest BCUT2D eigenvalue weighted by molar-refractivity contribution is 9.10. The summed E-state index contributed by atoms with van der Waals surface area (Å²) in [7, 11) is 0. The van der Waals surface area contributed by atoms with Gasteiger partial charge in [0.2, 0.25) is 5.15 Å². The topological polar surface area (TPSA) is 85.1 Å². The van der Waals surface area contributed by atoms with E-state index in [0.717, 1.165) is 4.47 Å². The predicted octanol–water partition coefficient (Wildman–Crippen LogP) is 3.66. The summed E-state index contributed by atoms with van der Waals surface area (Å²) in [6.45, 7) is 0. The van der Waals surface area contributed by atoms with Crippen molar-refractivity contribution in [3.8, 4) is 0 Å². The number of halogens is 2. The molecule has 0 unspecified atom stereocenters. The Morgan fingerprint density at radius 2 is 2.15 bits per heavy atom. The van der Waals surface area contributed by atoms with Crippen LogP contribution in [-0.4, -0.2) is 15.8 Å². The maximum Gasteiger partial charge on any atom is 0.319 e. The van der Waals surface area contributed by atoms with Gasteiger partial charge in [-0.1, -0.05) is 33.6 Å². The van der Waals surface area contributed by atoms with Crippen molar-refractivity contribution >= 4 is 44.8 Å². The number of nitro groups is 1. The molecule has 0 atom stereocenters. The minimum absolute atomic E-state index is 0.144. The van der Waals surface area contributed by atoms with Crippen molar-refractivity contribution in [3.05, 3.63) is 61.8 Å². The Hall–Kier alpha value is -1.99. The van der Waals surface area contributed by atoms with Crippen LogP contribution in [0.15, 0.2) is 41.0 Å². The van der Waals surface area contributed by atoms with Crippen LogP contribution in [0.3, 0.4) is 0 Å². The van der Waals surface area contributed by atoms with Crippen molar-refractivity contribution in [1.29, 1.82) is 0 Å². The largest absolute Gasteiger partial charge is 0.322 e. The van der Waals surface area contributed by atoms with Gasteiger partial charge in [0.15, 0.2) is 0 Å². The minimum Gasteiger partial charge on any atom is -0.322 e. The molecule has 2 rings (SSSR count). The third kappa shape index (κ3) is 3.12. The van der Waals surface area contributed by atoms with Crippen LogP contribution < -0.4 is 5.32 Å². The molecule has 0 spiro atoms. The number of benzene rings is 1. The summed E-state index contributed by atoms with van der Waals surface area (Å²) in [6.07, 6.45) is 1.24. The molecule has 8 heteroatoms. The second-order valence-electron chi connectivity index (χ2n) is 3.72. The molecule has 0 aliphatic heterocycles. The Balaban J connectivity index is 2.35. The number of amides is 1. The lowest BCUT2D eigenvalue weighted by Gasteiger charge is -2.06. The second kappa shape index (κ2) is 5.98. The second-order valence-corrected chi connectivity index (χ2v) is 4.99. The molecule has 1 amide bonds. The molecular formula is C12H7BrClN3O3. The fourth-order valence-corrected chi connectivity index (χ4v) is 2.18. The highest BCUT2D eigenvalue weighted by atomic mass is 79.9. The summed E-state index contributed by atoms with van der Waals surface area (Å²) in [5.74, 6) is -0.626. The van der Waals surface area contributed by atoms with Crippen LogP contribution in [0.4, 0.5) is 11.4 Å². The van der Waals surface area contributed by atoms with Gasteiger partial charge in [-0.05, 0) is 24.3 Å². The molecule has 1 N–H and O–H groups in total. The van der Waals surface area contributed by atoms with Gasteiger partial charge in [-0.15, -0.1) is 0 Å². The minimum atomic E-state index is -0.731. The van der Waals surface area contributed by atoms with E-state index in [-0.39, 0.29) is 10.7 Å². The smallest absolute Gasteiger partial charge is 0.319 e. The van der Waals surface area contributed by atoms with Gasteiger partial charge in [0.05, 0.1) is 4.92 Å². The molecule has 1 aromatic carbocycles. The van der Waals surface area contributed by atoms with Gasteiger partial charge >= 0.3 is 5.69 Å². The van der Waals surface area contributed by atoms with Crippen LogP contribution in [0.5, 0.6) is 0 Å². The monoisotopic (exact) mass is 355 g/mol. The molecule has 0 aliphatic carbocycles. The number of carbonyl (C=O) groups excluding carboxylic acids is 1. The van der Waals surface area contributed by atoms with Gasteiger partial charge in [-0.2, -0.15) is 0 Å². The van der Waals surface area contributed by atoms with Crippen molar-refractivity contribution in [2.24, 2.45) is 0 Å². The van der Waals surface area contributed by atoms with Gasteiger partial charge in [-0.25, -0.2) is 4.98 Å². The van der Waals surface area contributed by atoms with Gasteiger partial charge in [0.1, 0.15) is 5.56 Å². The normalized spacial score (nSPS) is 10.1. The molecule has 6 nitrogen and oxygen atoms in total. The summed E-state index contributed by atoms with van der Waals surface area (Å²) in [6, 6.07) is 8.11. The maximum absolute atomic E-state index is 12.1. The molecule has 1 aromatic heterocycles. The Bertz CT molecular complexity index is 693. The van der Waals surface area contributed by atoms with Crippen LogP contribution in [0.1, 0.15) is 10.4 Å². The van der Waals surface area contributed by atoms with Gasteiger partial charge < -0.3 is 5.32 Å². The van der Waals surface area contributed by atoms with E-state index in [2.05, 4.69) is 26.2 Å². The summed E-state index contributed by atoms with van der Waals surface area (Å²) in [4.78, 5) is 25.9. The SMILES string of the molecule is O=C(Nc1cccc(Br)c1)c1ccnc(Cl)c1[N+](=O)[O-]. The van der Waals surface area contributed by atoms with Crippen molar-refractivity contribution < 1.29 is 9.72 Å². The lowest BCUT2D eigenvalue weighted by atomic mass is 10.2. The van der Waals surface area contributed by atoms with E-state index in [0.29, 0.717) is 5.69 Å². The van der Waals surface area contributed by atoms with Crippen molar-refractivity contribution in [2.45, 2.75) is 0 Å². The van der Waals surface area contributed by atoms with Crippen molar-refractivity contribution in [1.82, 2.24) is 4.98 Å². The molecule has 0 radical (unpaired) electrons. The fraction of sp³-hybridized carbons (Fsp3) is 0. The molecule has 0 aliphatic rings. The molecule has 102 valence electrons. The summed E-state index contributed by atoms with van der Waals surface area (Å²) in [5, 5.41) is 13.2. The first-order chi connectivity index (χ1) is 9.49. The highest BCUT2D eigenvalue weighted by Crippen LogP contribution is 2.27. The van der Waals surface area contributed by atoms with Crippen LogP contribution in [-0.2, 0) is 0 Å². The zero-order chi connectivity index (χ0) is 14.7. The first kappa shape index (κ1) is 14.4. The number of nitrogens with one attached hydrogen (secondary N) is 1. The lowest BCUT2D eigenvalue weighted by molar-refractivity contribution is -0.385.